The quantitative estimate of drug-likeness (QED) is 0.182. The van der Waals surface area contributed by atoms with Crippen LogP contribution in [0.25, 0.3) is 0 Å². The van der Waals surface area contributed by atoms with E-state index in [2.05, 4.69) is 4.74 Å². The molecule has 0 heterocycles. The van der Waals surface area contributed by atoms with E-state index in [9.17, 15) is 14.9 Å². The monoisotopic (exact) mass is 259 g/mol. The largest absolute Gasteiger partial charge is 0.550 e. The number of methoxy groups -OCH3 is 1. The van der Waals surface area contributed by atoms with Gasteiger partial charge in [0.1, 0.15) is 0 Å². The molecule has 0 aromatic rings. The highest BCUT2D eigenvalue weighted by atomic mass is 28.4. The van der Waals surface area contributed by atoms with Gasteiger partial charge in [-0.2, -0.15) is 0 Å². The zero-order valence-electron chi connectivity index (χ0n) is 10.4. The van der Waals surface area contributed by atoms with Crippen molar-refractivity contribution in [1.29, 1.82) is 0 Å². The molecule has 17 heavy (non-hydrogen) atoms. The number of allylic oxidation sites excluding steroid dienone is 2. The van der Waals surface area contributed by atoms with Crippen molar-refractivity contribution in [1.82, 2.24) is 0 Å². The summed E-state index contributed by atoms with van der Waals surface area (Å²) in [6.45, 7) is 6.05. The Morgan fingerprint density at radius 2 is 2.00 bits per heavy atom. The lowest BCUT2D eigenvalue weighted by Gasteiger charge is -2.14. The van der Waals surface area contributed by atoms with Crippen molar-refractivity contribution >= 4 is 14.3 Å². The third kappa shape index (κ3) is 7.29. The van der Waals surface area contributed by atoms with Crippen LogP contribution >= 0.6 is 0 Å². The fourth-order valence-corrected chi connectivity index (χ4v) is 1.33. The minimum Gasteiger partial charge on any atom is -0.550 e. The van der Waals surface area contributed by atoms with E-state index in [1.807, 2.05) is 19.6 Å². The van der Waals surface area contributed by atoms with Crippen molar-refractivity contribution < 1.29 is 18.9 Å². The van der Waals surface area contributed by atoms with Crippen molar-refractivity contribution in [2.24, 2.45) is 0 Å². The molecule has 0 aliphatic rings. The van der Waals surface area contributed by atoms with Crippen LogP contribution in [-0.4, -0.2) is 26.3 Å². The van der Waals surface area contributed by atoms with Crippen LogP contribution in [0.15, 0.2) is 24.1 Å². The van der Waals surface area contributed by atoms with Gasteiger partial charge in [0.2, 0.25) is 8.32 Å². The average molecular weight is 259 g/mol. The molecule has 0 saturated heterocycles. The summed E-state index contributed by atoms with van der Waals surface area (Å²) in [7, 11) is -0.517. The molecular weight excluding hydrogens is 242 g/mol. The molecule has 0 radical (unpaired) electrons. The third-order valence-corrected chi connectivity index (χ3v) is 2.40. The zero-order valence-corrected chi connectivity index (χ0v) is 11.4. The molecule has 0 aromatic carbocycles. The molecule has 0 aliphatic carbocycles. The van der Waals surface area contributed by atoms with Gasteiger partial charge in [0.25, 0.3) is 0 Å². The lowest BCUT2D eigenvalue weighted by Crippen LogP contribution is -2.21. The van der Waals surface area contributed by atoms with Gasteiger partial charge in [-0.1, -0.05) is 0 Å². The number of hydrogen-bond donors (Lipinski definition) is 0. The molecule has 0 bridgehead atoms. The molecular formula is C10H17NO5Si. The molecule has 0 aliphatic heterocycles. The van der Waals surface area contributed by atoms with E-state index in [4.69, 9.17) is 4.43 Å². The number of carbonyl (C=O) groups excluding carboxylic acids is 1. The normalized spacial score (nSPS) is 12.6. The molecule has 0 saturated carbocycles. The van der Waals surface area contributed by atoms with Crippen LogP contribution in [0.2, 0.25) is 19.6 Å². The van der Waals surface area contributed by atoms with Crippen molar-refractivity contribution in [3.05, 3.63) is 34.2 Å². The van der Waals surface area contributed by atoms with E-state index in [0.29, 0.717) is 0 Å². The van der Waals surface area contributed by atoms with Gasteiger partial charge in [-0.25, -0.2) is 4.79 Å². The Bertz CT molecular complexity index is 343. The number of esters is 1. The summed E-state index contributed by atoms with van der Waals surface area (Å²) >= 11 is 0. The van der Waals surface area contributed by atoms with Gasteiger partial charge in [0, 0.05) is 6.08 Å². The second kappa shape index (κ2) is 6.84. The summed E-state index contributed by atoms with van der Waals surface area (Å²) in [5.41, 5.74) is -0.565. The van der Waals surface area contributed by atoms with E-state index in [0.717, 1.165) is 7.11 Å². The zero-order chi connectivity index (χ0) is 13.5. The number of nitrogens with zero attached hydrogens (tertiary/aromatic N) is 1. The predicted molar refractivity (Wildman–Crippen MR) is 65.3 cm³/mol. The van der Waals surface area contributed by atoms with Gasteiger partial charge in [-0.3, -0.25) is 10.1 Å². The van der Waals surface area contributed by atoms with Crippen molar-refractivity contribution in [3.63, 3.8) is 0 Å². The lowest BCUT2D eigenvalue weighted by molar-refractivity contribution is -0.421. The van der Waals surface area contributed by atoms with Gasteiger partial charge < -0.3 is 9.16 Å². The first-order chi connectivity index (χ1) is 7.78. The molecule has 0 N–H and O–H groups in total. The number of ether oxygens (including phenoxy) is 1. The molecule has 96 valence electrons. The van der Waals surface area contributed by atoms with Crippen LogP contribution in [0.1, 0.15) is 6.42 Å². The van der Waals surface area contributed by atoms with Gasteiger partial charge in [0.05, 0.1) is 18.3 Å². The third-order valence-electron chi connectivity index (χ3n) is 1.56. The highest BCUT2D eigenvalue weighted by Crippen LogP contribution is 2.05. The van der Waals surface area contributed by atoms with Crippen molar-refractivity contribution in [2.45, 2.75) is 26.1 Å². The Kier molecular flexibility index (Phi) is 6.19. The number of nitro groups is 1. The Morgan fingerprint density at radius 1 is 1.41 bits per heavy atom. The summed E-state index contributed by atoms with van der Waals surface area (Å²) in [5.74, 6) is -0.950. The molecule has 7 heteroatoms. The van der Waals surface area contributed by atoms with Gasteiger partial charge in [0.15, 0.2) is 0 Å². The average Bonchev–Trinajstić information content (AvgIpc) is 2.20. The molecule has 0 rings (SSSR count). The maximum Gasteiger partial charge on any atom is 0.409 e. The summed E-state index contributed by atoms with van der Waals surface area (Å²) in [6.07, 6.45) is 4.56. The Balaban J connectivity index is 4.38. The molecule has 0 atom stereocenters. The molecule has 0 spiro atoms. The van der Waals surface area contributed by atoms with Crippen LogP contribution < -0.4 is 0 Å². The summed E-state index contributed by atoms with van der Waals surface area (Å²) in [4.78, 5) is 20.7. The molecule has 0 unspecified atom stereocenters. The number of rotatable bonds is 6. The van der Waals surface area contributed by atoms with Crippen LogP contribution in [0.3, 0.4) is 0 Å². The van der Waals surface area contributed by atoms with Crippen molar-refractivity contribution in [2.75, 3.05) is 7.11 Å². The van der Waals surface area contributed by atoms with Crippen LogP contribution in [0.5, 0.6) is 0 Å². The first-order valence-electron chi connectivity index (χ1n) is 5.03. The smallest absolute Gasteiger partial charge is 0.409 e. The number of carbonyl (C=O) groups is 1. The van der Waals surface area contributed by atoms with Gasteiger partial charge in [-0.05, 0) is 32.1 Å². The van der Waals surface area contributed by atoms with E-state index >= 15 is 0 Å². The van der Waals surface area contributed by atoms with Gasteiger partial charge >= 0.3 is 11.7 Å². The van der Waals surface area contributed by atoms with Crippen LogP contribution in [0.4, 0.5) is 0 Å². The van der Waals surface area contributed by atoms with E-state index in [1.54, 1.807) is 6.08 Å². The molecule has 0 fully saturated rings. The standard InChI is InChI=1S/C10H17NO5Si/c1-15-10(12)9(11(13)14)7-5-6-8-16-17(2,3)4/h6-8H,5H2,1-4H3/b8-6+,9-7-. The SMILES string of the molecule is COC(=O)/C(=C/C/C=C/O[Si](C)(C)C)[N+](=O)[O-]. The van der Waals surface area contributed by atoms with Crippen molar-refractivity contribution in [3.8, 4) is 0 Å². The van der Waals surface area contributed by atoms with E-state index in [-0.39, 0.29) is 6.42 Å². The molecule has 6 nitrogen and oxygen atoms in total. The maximum absolute atomic E-state index is 11.0. The second-order valence-corrected chi connectivity index (χ2v) is 8.64. The Morgan fingerprint density at radius 3 is 2.41 bits per heavy atom. The van der Waals surface area contributed by atoms with E-state index < -0.39 is 24.9 Å². The fraction of sp³-hybridized carbons (Fsp3) is 0.500. The maximum atomic E-state index is 11.0. The Hall–Kier alpha value is -1.63. The Labute approximate surface area is 101 Å². The predicted octanol–water partition coefficient (Wildman–Crippen LogP) is 2.08. The van der Waals surface area contributed by atoms with Crippen LogP contribution in [0, 0.1) is 10.1 Å². The first-order valence-corrected chi connectivity index (χ1v) is 8.44. The highest BCUT2D eigenvalue weighted by Gasteiger charge is 2.21. The minimum atomic E-state index is -1.62. The van der Waals surface area contributed by atoms with Gasteiger partial charge in [-0.15, -0.1) is 0 Å². The van der Waals surface area contributed by atoms with Crippen LogP contribution in [-0.2, 0) is 14.0 Å². The summed E-state index contributed by atoms with van der Waals surface area (Å²) in [6, 6.07) is 0. The number of hydrogen-bond acceptors (Lipinski definition) is 5. The second-order valence-electron chi connectivity index (χ2n) is 4.18. The summed E-state index contributed by atoms with van der Waals surface area (Å²) < 4.78 is 9.69. The highest BCUT2D eigenvalue weighted by molar-refractivity contribution is 6.69. The molecule has 0 amide bonds. The minimum absolute atomic E-state index is 0.246. The first kappa shape index (κ1) is 15.4. The van der Waals surface area contributed by atoms with E-state index in [1.165, 1.54) is 12.3 Å². The molecule has 0 aromatic heterocycles. The summed E-state index contributed by atoms with van der Waals surface area (Å²) in [5, 5.41) is 10.5. The lowest BCUT2D eigenvalue weighted by atomic mass is 10.3. The topological polar surface area (TPSA) is 78.7 Å². The fourth-order valence-electron chi connectivity index (χ4n) is 0.824.